The summed E-state index contributed by atoms with van der Waals surface area (Å²) in [4.78, 5) is 29.4. The standard InChI is InChI=1S/C23H22ClN3O4S/c1-14-3-5-17(12-19(14)24)27-22(29)18(21(28)25-23(27)32)11-15-4-6-16(13-20(15)30-2)26-7-9-31-10-8-26/h3-6,11-13H,7-10H2,1-2H3,(H,25,28,32)/b18-11+. The average molecular weight is 472 g/mol. The normalized spacial score (nSPS) is 18.2. The van der Waals surface area contributed by atoms with E-state index in [1.165, 1.54) is 11.0 Å². The van der Waals surface area contributed by atoms with Crippen LogP contribution in [0.2, 0.25) is 5.02 Å². The lowest BCUT2D eigenvalue weighted by molar-refractivity contribution is -0.122. The van der Waals surface area contributed by atoms with Gasteiger partial charge < -0.3 is 14.4 Å². The number of ether oxygens (including phenoxy) is 2. The Morgan fingerprint density at radius 1 is 1.12 bits per heavy atom. The van der Waals surface area contributed by atoms with Crippen LogP contribution in [0.4, 0.5) is 11.4 Å². The predicted octanol–water partition coefficient (Wildman–Crippen LogP) is 3.32. The van der Waals surface area contributed by atoms with Gasteiger partial charge in [0.25, 0.3) is 11.8 Å². The molecule has 0 aliphatic carbocycles. The summed E-state index contributed by atoms with van der Waals surface area (Å²) in [5.41, 5.74) is 2.90. The third-order valence-corrected chi connectivity index (χ3v) is 6.10. The number of aryl methyl sites for hydroxylation is 1. The van der Waals surface area contributed by atoms with Crippen LogP contribution in [0.5, 0.6) is 5.75 Å². The van der Waals surface area contributed by atoms with Gasteiger partial charge in [0.05, 0.1) is 26.0 Å². The molecule has 7 nitrogen and oxygen atoms in total. The highest BCUT2D eigenvalue weighted by Crippen LogP contribution is 2.30. The largest absolute Gasteiger partial charge is 0.496 e. The lowest BCUT2D eigenvalue weighted by Gasteiger charge is -2.30. The van der Waals surface area contributed by atoms with Gasteiger partial charge in [-0.05, 0) is 55.0 Å². The summed E-state index contributed by atoms with van der Waals surface area (Å²) in [6.45, 7) is 4.78. The van der Waals surface area contributed by atoms with Gasteiger partial charge in [-0.2, -0.15) is 0 Å². The van der Waals surface area contributed by atoms with Crippen molar-refractivity contribution in [2.45, 2.75) is 6.92 Å². The van der Waals surface area contributed by atoms with Crippen molar-refractivity contribution < 1.29 is 19.1 Å². The van der Waals surface area contributed by atoms with E-state index in [1.54, 1.807) is 25.3 Å². The van der Waals surface area contributed by atoms with Crippen molar-refractivity contribution >= 4 is 58.2 Å². The molecule has 0 bridgehead atoms. The number of benzene rings is 2. The zero-order valence-electron chi connectivity index (χ0n) is 17.7. The summed E-state index contributed by atoms with van der Waals surface area (Å²) in [7, 11) is 1.55. The second-order valence-electron chi connectivity index (χ2n) is 7.42. The van der Waals surface area contributed by atoms with Crippen LogP contribution in [0.25, 0.3) is 6.08 Å². The first-order valence-electron chi connectivity index (χ1n) is 10.1. The first kappa shape index (κ1) is 22.3. The number of hydrogen-bond acceptors (Lipinski definition) is 6. The van der Waals surface area contributed by atoms with Crippen LogP contribution in [0.1, 0.15) is 11.1 Å². The molecule has 2 aromatic rings. The Morgan fingerprint density at radius 2 is 1.84 bits per heavy atom. The van der Waals surface area contributed by atoms with Gasteiger partial charge in [-0.3, -0.25) is 19.8 Å². The van der Waals surface area contributed by atoms with Crippen molar-refractivity contribution in [3.63, 3.8) is 0 Å². The Morgan fingerprint density at radius 3 is 2.53 bits per heavy atom. The van der Waals surface area contributed by atoms with E-state index >= 15 is 0 Å². The maximum absolute atomic E-state index is 13.3. The van der Waals surface area contributed by atoms with Gasteiger partial charge in [0.1, 0.15) is 11.3 Å². The highest BCUT2D eigenvalue weighted by molar-refractivity contribution is 7.80. The molecule has 0 atom stereocenters. The molecule has 1 N–H and O–H groups in total. The Hall–Kier alpha value is -2.94. The lowest BCUT2D eigenvalue weighted by atomic mass is 10.0. The second-order valence-corrected chi connectivity index (χ2v) is 8.21. The molecule has 2 aromatic carbocycles. The van der Waals surface area contributed by atoms with Gasteiger partial charge in [0, 0.05) is 35.4 Å². The van der Waals surface area contributed by atoms with E-state index in [0.717, 1.165) is 24.3 Å². The van der Waals surface area contributed by atoms with Crippen LogP contribution in [0, 0.1) is 6.92 Å². The highest BCUT2D eigenvalue weighted by Gasteiger charge is 2.35. The molecule has 0 saturated carbocycles. The van der Waals surface area contributed by atoms with E-state index in [9.17, 15) is 9.59 Å². The van der Waals surface area contributed by atoms with E-state index in [2.05, 4.69) is 10.2 Å². The first-order chi connectivity index (χ1) is 15.4. The van der Waals surface area contributed by atoms with Crippen molar-refractivity contribution in [1.82, 2.24) is 5.32 Å². The highest BCUT2D eigenvalue weighted by atomic mass is 35.5. The van der Waals surface area contributed by atoms with Gasteiger partial charge in [-0.25, -0.2) is 0 Å². The van der Waals surface area contributed by atoms with Crippen LogP contribution < -0.4 is 19.9 Å². The fraction of sp³-hybridized carbons (Fsp3) is 0.261. The monoisotopic (exact) mass is 471 g/mol. The molecule has 2 aliphatic heterocycles. The summed E-state index contributed by atoms with van der Waals surface area (Å²) in [6.07, 6.45) is 1.52. The minimum atomic E-state index is -0.561. The van der Waals surface area contributed by atoms with Crippen LogP contribution in [-0.4, -0.2) is 50.3 Å². The molecule has 2 heterocycles. The molecule has 0 aromatic heterocycles. The van der Waals surface area contributed by atoms with Crippen molar-refractivity contribution in [3.05, 3.63) is 58.1 Å². The van der Waals surface area contributed by atoms with Crippen molar-refractivity contribution in [1.29, 1.82) is 0 Å². The number of morpholine rings is 1. The molecule has 2 aliphatic rings. The molecule has 2 amide bonds. The third kappa shape index (κ3) is 4.34. The number of nitrogens with zero attached hydrogens (tertiary/aromatic N) is 2. The van der Waals surface area contributed by atoms with Gasteiger partial charge in [0.15, 0.2) is 5.11 Å². The van der Waals surface area contributed by atoms with Gasteiger partial charge >= 0.3 is 0 Å². The summed E-state index contributed by atoms with van der Waals surface area (Å²) < 4.78 is 11.0. The molecule has 32 heavy (non-hydrogen) atoms. The number of carbonyl (C=O) groups is 2. The number of methoxy groups -OCH3 is 1. The van der Waals surface area contributed by atoms with Crippen LogP contribution in [0.15, 0.2) is 42.0 Å². The summed E-state index contributed by atoms with van der Waals surface area (Å²) in [6, 6.07) is 10.8. The molecule has 9 heteroatoms. The van der Waals surface area contributed by atoms with Crippen LogP contribution in [0.3, 0.4) is 0 Å². The summed E-state index contributed by atoms with van der Waals surface area (Å²) >= 11 is 11.5. The van der Waals surface area contributed by atoms with Crippen LogP contribution in [-0.2, 0) is 14.3 Å². The molecule has 4 rings (SSSR count). The van der Waals surface area contributed by atoms with Gasteiger partial charge in [-0.1, -0.05) is 17.7 Å². The van der Waals surface area contributed by atoms with Crippen molar-refractivity contribution in [2.24, 2.45) is 0 Å². The second kappa shape index (κ2) is 9.28. The third-order valence-electron chi connectivity index (χ3n) is 5.41. The van der Waals surface area contributed by atoms with E-state index in [0.29, 0.717) is 35.2 Å². The molecular weight excluding hydrogens is 450 g/mol. The zero-order chi connectivity index (χ0) is 22.8. The number of thiocarbonyl (C=S) groups is 1. The van der Waals surface area contributed by atoms with E-state index in [1.807, 2.05) is 25.1 Å². The SMILES string of the molecule is COc1cc(N2CCOCC2)ccc1/C=C1\C(=O)NC(=S)N(c2ccc(C)c(Cl)c2)C1=O. The number of halogens is 1. The maximum Gasteiger partial charge on any atom is 0.270 e. The van der Waals surface area contributed by atoms with E-state index in [-0.39, 0.29) is 10.7 Å². The number of rotatable bonds is 4. The fourth-order valence-electron chi connectivity index (χ4n) is 3.61. The quantitative estimate of drug-likeness (QED) is 0.419. The van der Waals surface area contributed by atoms with Crippen molar-refractivity contribution in [2.75, 3.05) is 43.2 Å². The average Bonchev–Trinajstić information content (AvgIpc) is 2.79. The molecule has 166 valence electrons. The fourth-order valence-corrected chi connectivity index (χ4v) is 4.06. The summed E-state index contributed by atoms with van der Waals surface area (Å²) in [5, 5.41) is 3.09. The zero-order valence-corrected chi connectivity index (χ0v) is 19.3. The molecule has 0 unspecified atom stereocenters. The van der Waals surface area contributed by atoms with E-state index < -0.39 is 11.8 Å². The molecule has 2 saturated heterocycles. The molecular formula is C23H22ClN3O4S. The number of carbonyl (C=O) groups excluding carboxylic acids is 2. The van der Waals surface area contributed by atoms with E-state index in [4.69, 9.17) is 33.3 Å². The maximum atomic E-state index is 13.3. The first-order valence-corrected chi connectivity index (χ1v) is 10.9. The minimum absolute atomic E-state index is 0.00620. The summed E-state index contributed by atoms with van der Waals surface area (Å²) in [5.74, 6) is -0.535. The molecule has 2 fully saturated rings. The van der Waals surface area contributed by atoms with Crippen LogP contribution >= 0.6 is 23.8 Å². The Labute approximate surface area is 196 Å². The molecule has 0 radical (unpaired) electrons. The minimum Gasteiger partial charge on any atom is -0.496 e. The molecule has 0 spiro atoms. The van der Waals surface area contributed by atoms with Crippen molar-refractivity contribution in [3.8, 4) is 5.75 Å². The Bertz CT molecular complexity index is 1130. The topological polar surface area (TPSA) is 71.1 Å². The number of nitrogens with one attached hydrogen (secondary N) is 1. The van der Waals surface area contributed by atoms with Gasteiger partial charge in [-0.15, -0.1) is 0 Å². The lowest BCUT2D eigenvalue weighted by Crippen LogP contribution is -2.54. The predicted molar refractivity (Wildman–Crippen MR) is 128 cm³/mol. The smallest absolute Gasteiger partial charge is 0.270 e. The Balaban J connectivity index is 1.68. The number of hydrogen-bond donors (Lipinski definition) is 1. The number of amides is 2. The number of anilines is 2. The Kier molecular flexibility index (Phi) is 6.45. The van der Waals surface area contributed by atoms with Gasteiger partial charge in [0.2, 0.25) is 0 Å².